The van der Waals surface area contributed by atoms with E-state index in [1.807, 2.05) is 22.7 Å². The van der Waals surface area contributed by atoms with Crippen LogP contribution in [0.1, 0.15) is 25.0 Å². The summed E-state index contributed by atoms with van der Waals surface area (Å²) in [5, 5.41) is 5.23. The van der Waals surface area contributed by atoms with Crippen LogP contribution >= 0.6 is 22.7 Å². The number of thiophene rings is 2. The third-order valence-electron chi connectivity index (χ3n) is 11.5. The highest BCUT2D eigenvalue weighted by Gasteiger charge is 2.35. The van der Waals surface area contributed by atoms with Gasteiger partial charge in [0.15, 0.2) is 0 Å². The number of nitrogens with zero attached hydrogens (tertiary/aromatic N) is 1. The van der Waals surface area contributed by atoms with Crippen LogP contribution in [-0.2, 0) is 5.41 Å². The van der Waals surface area contributed by atoms with E-state index in [0.717, 1.165) is 17.1 Å². The van der Waals surface area contributed by atoms with Gasteiger partial charge in [0.25, 0.3) is 0 Å². The van der Waals surface area contributed by atoms with Crippen LogP contribution in [0.3, 0.4) is 0 Å². The molecule has 0 N–H and O–H groups in total. The van der Waals surface area contributed by atoms with Crippen molar-refractivity contribution in [1.29, 1.82) is 0 Å². The minimum Gasteiger partial charge on any atom is -0.310 e. The third kappa shape index (κ3) is 4.82. The van der Waals surface area contributed by atoms with Gasteiger partial charge in [-0.25, -0.2) is 0 Å². The molecule has 0 aliphatic heterocycles. The van der Waals surface area contributed by atoms with Crippen molar-refractivity contribution in [2.24, 2.45) is 0 Å². The monoisotopic (exact) mass is 725 g/mol. The van der Waals surface area contributed by atoms with Gasteiger partial charge in [0.2, 0.25) is 0 Å². The van der Waals surface area contributed by atoms with Crippen LogP contribution in [0.4, 0.5) is 17.1 Å². The lowest BCUT2D eigenvalue weighted by atomic mass is 9.82. The number of hydrogen-bond donors (Lipinski definition) is 0. The van der Waals surface area contributed by atoms with Crippen LogP contribution in [0, 0.1) is 0 Å². The number of fused-ring (bicyclic) bond motifs is 9. The van der Waals surface area contributed by atoms with E-state index in [9.17, 15) is 0 Å². The molecular weight excluding hydrogens is 691 g/mol. The summed E-state index contributed by atoms with van der Waals surface area (Å²) in [4.78, 5) is 2.47. The Bertz CT molecular complexity index is 3070. The highest BCUT2D eigenvalue weighted by atomic mass is 32.1. The van der Waals surface area contributed by atoms with E-state index in [2.05, 4.69) is 195 Å². The molecule has 8 aromatic carbocycles. The van der Waals surface area contributed by atoms with Crippen LogP contribution < -0.4 is 4.90 Å². The van der Waals surface area contributed by atoms with Crippen molar-refractivity contribution < 1.29 is 0 Å². The van der Waals surface area contributed by atoms with Crippen LogP contribution in [0.2, 0.25) is 0 Å². The molecule has 0 atom stereocenters. The summed E-state index contributed by atoms with van der Waals surface area (Å²) in [6, 6.07) is 65.4. The maximum absolute atomic E-state index is 2.47. The lowest BCUT2D eigenvalue weighted by Gasteiger charge is -2.29. The molecule has 0 amide bonds. The summed E-state index contributed by atoms with van der Waals surface area (Å²) in [6.45, 7) is 4.73. The van der Waals surface area contributed by atoms with Crippen molar-refractivity contribution in [1.82, 2.24) is 0 Å². The highest BCUT2D eigenvalue weighted by Crippen LogP contribution is 2.52. The van der Waals surface area contributed by atoms with Crippen molar-refractivity contribution in [3.8, 4) is 33.4 Å². The zero-order valence-electron chi connectivity index (χ0n) is 30.0. The zero-order valence-corrected chi connectivity index (χ0v) is 31.6. The SMILES string of the molecule is CC1(C)c2ccccc2-c2ccc(N(c3ccc(-c4ccccc4)cc3)c3cc(-c4ccc5sc6ccccc6c5c4)c4sc5ccccc5c4c3)cc21. The Balaban J connectivity index is 1.16. The molecule has 1 aliphatic carbocycles. The molecule has 2 heterocycles. The summed E-state index contributed by atoms with van der Waals surface area (Å²) in [7, 11) is 0. The van der Waals surface area contributed by atoms with Crippen molar-refractivity contribution in [2.45, 2.75) is 19.3 Å². The molecule has 54 heavy (non-hydrogen) atoms. The molecule has 11 rings (SSSR count). The van der Waals surface area contributed by atoms with Crippen molar-refractivity contribution in [2.75, 3.05) is 4.90 Å². The first kappa shape index (κ1) is 31.5. The second-order valence-electron chi connectivity index (χ2n) is 14.9. The highest BCUT2D eigenvalue weighted by molar-refractivity contribution is 7.26. The van der Waals surface area contributed by atoms with Crippen LogP contribution in [0.15, 0.2) is 176 Å². The smallest absolute Gasteiger partial charge is 0.0475 e. The second-order valence-corrected chi connectivity index (χ2v) is 17.1. The molecule has 0 saturated heterocycles. The Hall–Kier alpha value is -6.00. The number of anilines is 3. The zero-order chi connectivity index (χ0) is 36.0. The van der Waals surface area contributed by atoms with Gasteiger partial charge in [0, 0.05) is 68.4 Å². The normalized spacial score (nSPS) is 13.1. The van der Waals surface area contributed by atoms with Gasteiger partial charge < -0.3 is 4.90 Å². The summed E-state index contributed by atoms with van der Waals surface area (Å²) in [5.74, 6) is 0. The molecule has 0 bridgehead atoms. The third-order valence-corrected chi connectivity index (χ3v) is 13.8. The van der Waals surface area contributed by atoms with E-state index in [1.165, 1.54) is 84.9 Å². The first-order valence-electron chi connectivity index (χ1n) is 18.6. The number of hydrogen-bond acceptors (Lipinski definition) is 3. The quantitative estimate of drug-likeness (QED) is 0.171. The molecule has 0 radical (unpaired) electrons. The van der Waals surface area contributed by atoms with Crippen molar-refractivity contribution in [3.63, 3.8) is 0 Å². The van der Waals surface area contributed by atoms with E-state index in [4.69, 9.17) is 0 Å². The average molecular weight is 726 g/mol. The number of benzene rings is 8. The standard InChI is InChI=1S/C51H35NS2/c1-51(2)45-17-9-6-14-38(45)39-26-25-36(31-46(39)51)52(35-23-20-33(21-24-35)32-12-4-3-5-13-32)37-29-42(50-44(30-37)41-16-8-11-19-48(41)54-50)34-22-27-49-43(28-34)40-15-7-10-18-47(40)53-49/h3-31H,1-2H3. The van der Waals surface area contributed by atoms with Gasteiger partial charge >= 0.3 is 0 Å². The lowest BCUT2D eigenvalue weighted by Crippen LogP contribution is -2.16. The molecule has 3 heteroatoms. The molecule has 0 saturated carbocycles. The fraction of sp³-hybridized carbons (Fsp3) is 0.0588. The lowest BCUT2D eigenvalue weighted by molar-refractivity contribution is 0.660. The van der Waals surface area contributed by atoms with Crippen molar-refractivity contribution >= 4 is 80.1 Å². The topological polar surface area (TPSA) is 3.24 Å². The maximum atomic E-state index is 2.47. The van der Waals surface area contributed by atoms with E-state index >= 15 is 0 Å². The summed E-state index contributed by atoms with van der Waals surface area (Å²) in [6.07, 6.45) is 0. The second kappa shape index (κ2) is 12.0. The Morgan fingerprint density at radius 2 is 0.981 bits per heavy atom. The van der Waals surface area contributed by atoms with Gasteiger partial charge in [-0.05, 0) is 99.6 Å². The van der Waals surface area contributed by atoms with E-state index in [0.29, 0.717) is 0 Å². The molecular formula is C51H35NS2. The average Bonchev–Trinajstić information content (AvgIpc) is 3.86. The first-order chi connectivity index (χ1) is 26.5. The molecule has 1 nitrogen and oxygen atoms in total. The predicted molar refractivity (Wildman–Crippen MR) is 235 cm³/mol. The molecule has 0 fully saturated rings. The Labute approximate surface area is 323 Å². The Morgan fingerprint density at radius 3 is 1.80 bits per heavy atom. The van der Waals surface area contributed by atoms with Crippen LogP contribution in [-0.4, -0.2) is 0 Å². The van der Waals surface area contributed by atoms with Crippen molar-refractivity contribution in [3.05, 3.63) is 187 Å². The molecule has 1 aliphatic rings. The van der Waals surface area contributed by atoms with Gasteiger partial charge in [-0.15, -0.1) is 22.7 Å². The first-order valence-corrected chi connectivity index (χ1v) is 20.2. The van der Waals surface area contributed by atoms with E-state index in [1.54, 1.807) is 0 Å². The van der Waals surface area contributed by atoms with Gasteiger partial charge in [0.1, 0.15) is 0 Å². The Morgan fingerprint density at radius 1 is 0.370 bits per heavy atom. The van der Waals surface area contributed by atoms with Gasteiger partial charge in [0.05, 0.1) is 0 Å². The van der Waals surface area contributed by atoms with E-state index in [-0.39, 0.29) is 5.41 Å². The minimum atomic E-state index is -0.109. The van der Waals surface area contributed by atoms with E-state index < -0.39 is 0 Å². The van der Waals surface area contributed by atoms with Crippen LogP contribution in [0.5, 0.6) is 0 Å². The minimum absolute atomic E-state index is 0.109. The molecule has 2 aromatic heterocycles. The molecule has 10 aromatic rings. The summed E-state index contributed by atoms with van der Waals surface area (Å²) < 4.78 is 5.29. The van der Waals surface area contributed by atoms with Crippen LogP contribution in [0.25, 0.3) is 73.7 Å². The number of rotatable bonds is 5. The fourth-order valence-electron chi connectivity index (χ4n) is 8.76. The largest absolute Gasteiger partial charge is 0.310 e. The molecule has 0 spiro atoms. The maximum Gasteiger partial charge on any atom is 0.0475 e. The van der Waals surface area contributed by atoms with Gasteiger partial charge in [-0.3, -0.25) is 0 Å². The summed E-state index contributed by atoms with van der Waals surface area (Å²) >= 11 is 3.77. The fourth-order valence-corrected chi connectivity index (χ4v) is 11.1. The predicted octanol–water partition coefficient (Wildman–Crippen LogP) is 15.5. The molecule has 0 unspecified atom stereocenters. The molecule has 256 valence electrons. The van der Waals surface area contributed by atoms with Gasteiger partial charge in [-0.1, -0.05) is 129 Å². The van der Waals surface area contributed by atoms with Gasteiger partial charge in [-0.2, -0.15) is 0 Å². The summed E-state index contributed by atoms with van der Waals surface area (Å²) in [5.41, 5.74) is 13.7. The Kier molecular flexibility index (Phi) is 7.01.